The van der Waals surface area contributed by atoms with Gasteiger partial charge in [-0.1, -0.05) is 18.2 Å². The van der Waals surface area contributed by atoms with Crippen LogP contribution in [0.3, 0.4) is 0 Å². The lowest BCUT2D eigenvalue weighted by atomic mass is 10.1. The van der Waals surface area contributed by atoms with Crippen LogP contribution in [-0.2, 0) is 0 Å². The van der Waals surface area contributed by atoms with Crippen molar-refractivity contribution >= 4 is 5.69 Å². The zero-order valence-corrected chi connectivity index (χ0v) is 10.7. The number of nitrogens with one attached hydrogen (secondary N) is 1. The van der Waals surface area contributed by atoms with Crippen molar-refractivity contribution in [3.63, 3.8) is 0 Å². The molecule has 4 heteroatoms. The van der Waals surface area contributed by atoms with Crippen molar-refractivity contribution in [2.45, 2.75) is 19.9 Å². The summed E-state index contributed by atoms with van der Waals surface area (Å²) in [6.45, 7) is 3.28. The Morgan fingerprint density at radius 1 is 1.05 bits per heavy atom. The first-order chi connectivity index (χ1) is 8.99. The second-order valence-electron chi connectivity index (χ2n) is 4.47. The molecule has 0 aliphatic carbocycles. The minimum absolute atomic E-state index is 0.184. The fraction of sp³-hybridized carbons (Fsp3) is 0.200. The van der Waals surface area contributed by atoms with Crippen LogP contribution in [0, 0.1) is 24.4 Å². The summed E-state index contributed by atoms with van der Waals surface area (Å²) in [5.74, 6) is -1.66. The monoisotopic (exact) mass is 265 g/mol. The predicted octanol–water partition coefficient (Wildman–Crippen LogP) is 4.59. The molecule has 1 N–H and O–H groups in total. The van der Waals surface area contributed by atoms with Gasteiger partial charge in [0.2, 0.25) is 0 Å². The summed E-state index contributed by atoms with van der Waals surface area (Å²) in [5, 5.41) is 2.75. The van der Waals surface area contributed by atoms with Gasteiger partial charge in [0.15, 0.2) is 5.82 Å². The second-order valence-corrected chi connectivity index (χ2v) is 4.47. The molecule has 0 aliphatic heterocycles. The first-order valence-electron chi connectivity index (χ1n) is 5.95. The maximum atomic E-state index is 13.8. The molecular weight excluding hydrogens is 251 g/mol. The van der Waals surface area contributed by atoms with Gasteiger partial charge in [-0.2, -0.15) is 0 Å². The molecule has 2 aromatic rings. The van der Waals surface area contributed by atoms with Gasteiger partial charge >= 0.3 is 0 Å². The predicted molar refractivity (Wildman–Crippen MR) is 69.5 cm³/mol. The number of aryl methyl sites for hydroxylation is 1. The Bertz CT molecular complexity index is 596. The number of halogens is 3. The van der Waals surface area contributed by atoms with E-state index in [4.69, 9.17) is 0 Å². The van der Waals surface area contributed by atoms with Crippen molar-refractivity contribution in [2.75, 3.05) is 5.32 Å². The molecule has 0 aliphatic rings. The standard InChI is InChI=1S/C15H14F3N/c1-9-6-7-13(17)15(14(9)18)19-10(2)11-4-3-5-12(16)8-11/h3-8,10,19H,1-2H3. The van der Waals surface area contributed by atoms with Gasteiger partial charge in [-0.05, 0) is 43.2 Å². The van der Waals surface area contributed by atoms with Crippen molar-refractivity contribution in [1.82, 2.24) is 0 Å². The molecule has 2 aromatic carbocycles. The first-order valence-corrected chi connectivity index (χ1v) is 5.95. The van der Waals surface area contributed by atoms with Crippen LogP contribution in [0.2, 0.25) is 0 Å². The largest absolute Gasteiger partial charge is 0.374 e. The molecule has 100 valence electrons. The molecular formula is C15H14F3N. The third-order valence-corrected chi connectivity index (χ3v) is 2.99. The topological polar surface area (TPSA) is 12.0 Å². The number of benzene rings is 2. The quantitative estimate of drug-likeness (QED) is 0.856. The van der Waals surface area contributed by atoms with Crippen molar-refractivity contribution in [3.05, 3.63) is 65.0 Å². The molecule has 0 amide bonds. The highest BCUT2D eigenvalue weighted by Crippen LogP contribution is 2.26. The summed E-state index contributed by atoms with van der Waals surface area (Å²) < 4.78 is 40.6. The minimum atomic E-state index is -0.661. The van der Waals surface area contributed by atoms with E-state index < -0.39 is 17.7 Å². The summed E-state index contributed by atoms with van der Waals surface area (Å²) in [6.07, 6.45) is 0. The molecule has 0 bridgehead atoms. The molecule has 2 rings (SSSR count). The van der Waals surface area contributed by atoms with Crippen molar-refractivity contribution in [2.24, 2.45) is 0 Å². The molecule has 1 nitrogen and oxygen atoms in total. The maximum Gasteiger partial charge on any atom is 0.152 e. The van der Waals surface area contributed by atoms with E-state index in [0.717, 1.165) is 0 Å². The van der Waals surface area contributed by atoms with Gasteiger partial charge in [-0.15, -0.1) is 0 Å². The normalized spacial score (nSPS) is 12.3. The summed E-state index contributed by atoms with van der Waals surface area (Å²) in [4.78, 5) is 0. The highest BCUT2D eigenvalue weighted by atomic mass is 19.1. The summed E-state index contributed by atoms with van der Waals surface area (Å²) in [6, 6.07) is 8.11. The van der Waals surface area contributed by atoms with Gasteiger partial charge in [0, 0.05) is 6.04 Å². The van der Waals surface area contributed by atoms with E-state index in [1.165, 1.54) is 24.3 Å². The molecule has 0 heterocycles. The average Bonchev–Trinajstić information content (AvgIpc) is 2.39. The first kappa shape index (κ1) is 13.5. The van der Waals surface area contributed by atoms with Crippen LogP contribution in [0.15, 0.2) is 36.4 Å². The third-order valence-electron chi connectivity index (χ3n) is 2.99. The Hall–Kier alpha value is -1.97. The minimum Gasteiger partial charge on any atom is -0.374 e. The van der Waals surface area contributed by atoms with Crippen molar-refractivity contribution in [3.8, 4) is 0 Å². The smallest absolute Gasteiger partial charge is 0.152 e. The van der Waals surface area contributed by atoms with Crippen molar-refractivity contribution in [1.29, 1.82) is 0 Å². The highest BCUT2D eigenvalue weighted by molar-refractivity contribution is 5.50. The third kappa shape index (κ3) is 2.89. The lowest BCUT2D eigenvalue weighted by molar-refractivity contribution is 0.578. The van der Waals surface area contributed by atoms with Crippen molar-refractivity contribution < 1.29 is 13.2 Å². The maximum absolute atomic E-state index is 13.8. The number of hydrogen-bond acceptors (Lipinski definition) is 1. The van der Waals surface area contributed by atoms with Crippen LogP contribution in [0.1, 0.15) is 24.1 Å². The molecule has 19 heavy (non-hydrogen) atoms. The van der Waals surface area contributed by atoms with Gasteiger partial charge < -0.3 is 5.32 Å². The molecule has 0 aromatic heterocycles. The molecule has 0 fully saturated rings. The lowest BCUT2D eigenvalue weighted by Crippen LogP contribution is -2.10. The van der Waals surface area contributed by atoms with E-state index >= 15 is 0 Å². The van der Waals surface area contributed by atoms with Crippen LogP contribution >= 0.6 is 0 Å². The Kier molecular flexibility index (Phi) is 3.79. The Morgan fingerprint density at radius 2 is 1.79 bits per heavy atom. The Balaban J connectivity index is 2.29. The SMILES string of the molecule is Cc1ccc(F)c(NC(C)c2cccc(F)c2)c1F. The van der Waals surface area contributed by atoms with E-state index in [1.54, 1.807) is 26.0 Å². The van der Waals surface area contributed by atoms with Crippen LogP contribution in [-0.4, -0.2) is 0 Å². The van der Waals surface area contributed by atoms with E-state index in [2.05, 4.69) is 5.32 Å². The number of rotatable bonds is 3. The number of hydrogen-bond donors (Lipinski definition) is 1. The molecule has 0 spiro atoms. The fourth-order valence-corrected chi connectivity index (χ4v) is 1.86. The zero-order valence-electron chi connectivity index (χ0n) is 10.7. The van der Waals surface area contributed by atoms with E-state index in [9.17, 15) is 13.2 Å². The zero-order chi connectivity index (χ0) is 14.0. The van der Waals surface area contributed by atoms with Crippen LogP contribution in [0.5, 0.6) is 0 Å². The van der Waals surface area contributed by atoms with Crippen LogP contribution in [0.25, 0.3) is 0 Å². The van der Waals surface area contributed by atoms with E-state index in [1.807, 2.05) is 0 Å². The molecule has 0 saturated heterocycles. The molecule has 1 unspecified atom stereocenters. The van der Waals surface area contributed by atoms with E-state index in [-0.39, 0.29) is 11.5 Å². The van der Waals surface area contributed by atoms with Gasteiger partial charge in [-0.25, -0.2) is 13.2 Å². The van der Waals surface area contributed by atoms with Gasteiger partial charge in [0.25, 0.3) is 0 Å². The molecule has 0 saturated carbocycles. The van der Waals surface area contributed by atoms with Gasteiger partial charge in [-0.3, -0.25) is 0 Å². The average molecular weight is 265 g/mol. The highest BCUT2D eigenvalue weighted by Gasteiger charge is 2.14. The summed E-state index contributed by atoms with van der Waals surface area (Å²) in [7, 11) is 0. The molecule has 1 atom stereocenters. The Labute approximate surface area is 110 Å². The fourth-order valence-electron chi connectivity index (χ4n) is 1.86. The Morgan fingerprint density at radius 3 is 2.47 bits per heavy atom. The summed E-state index contributed by atoms with van der Waals surface area (Å²) in [5.41, 5.74) is 0.799. The summed E-state index contributed by atoms with van der Waals surface area (Å²) >= 11 is 0. The number of anilines is 1. The van der Waals surface area contributed by atoms with Crippen LogP contribution in [0.4, 0.5) is 18.9 Å². The van der Waals surface area contributed by atoms with E-state index in [0.29, 0.717) is 11.1 Å². The van der Waals surface area contributed by atoms with Crippen LogP contribution < -0.4 is 5.32 Å². The van der Waals surface area contributed by atoms with Gasteiger partial charge in [0.1, 0.15) is 17.3 Å². The lowest BCUT2D eigenvalue weighted by Gasteiger charge is -2.17. The second kappa shape index (κ2) is 5.34. The molecule has 0 radical (unpaired) electrons. The van der Waals surface area contributed by atoms with Gasteiger partial charge in [0.05, 0.1) is 0 Å².